The van der Waals surface area contributed by atoms with Gasteiger partial charge in [-0.15, -0.1) is 0 Å². The van der Waals surface area contributed by atoms with E-state index >= 15 is 0 Å². The van der Waals surface area contributed by atoms with E-state index in [1.165, 1.54) is 36.0 Å². The highest BCUT2D eigenvalue weighted by atomic mass is 16.5. The molecule has 0 aromatic heterocycles. The Morgan fingerprint density at radius 3 is 1.77 bits per heavy atom. The van der Waals surface area contributed by atoms with Gasteiger partial charge >= 0.3 is 0 Å². The van der Waals surface area contributed by atoms with Gasteiger partial charge in [0.25, 0.3) is 0 Å². The molecular formula is C28H33NO. The monoisotopic (exact) mass is 399 g/mol. The van der Waals surface area contributed by atoms with Gasteiger partial charge in [0.1, 0.15) is 0 Å². The lowest BCUT2D eigenvalue weighted by atomic mass is 10.1. The Morgan fingerprint density at radius 2 is 1.27 bits per heavy atom. The van der Waals surface area contributed by atoms with Crippen LogP contribution in [0.2, 0.25) is 0 Å². The van der Waals surface area contributed by atoms with Crippen LogP contribution in [0.25, 0.3) is 0 Å². The molecule has 1 aliphatic rings. The zero-order valence-corrected chi connectivity index (χ0v) is 18.0. The van der Waals surface area contributed by atoms with Crippen molar-refractivity contribution in [1.82, 2.24) is 4.90 Å². The summed E-state index contributed by atoms with van der Waals surface area (Å²) in [4.78, 5) is 2.68. The molecule has 4 rings (SSSR count). The second-order valence-electron chi connectivity index (χ2n) is 8.60. The fraction of sp³-hybridized carbons (Fsp3) is 0.357. The second-order valence-corrected chi connectivity index (χ2v) is 8.60. The van der Waals surface area contributed by atoms with Crippen LogP contribution in [0.1, 0.15) is 42.9 Å². The van der Waals surface area contributed by atoms with Crippen molar-refractivity contribution in [3.8, 4) is 0 Å². The summed E-state index contributed by atoms with van der Waals surface area (Å²) in [6.07, 6.45) is 3.74. The van der Waals surface area contributed by atoms with Gasteiger partial charge in [0.15, 0.2) is 0 Å². The first-order valence-corrected chi connectivity index (χ1v) is 11.2. The van der Waals surface area contributed by atoms with Crippen LogP contribution < -0.4 is 0 Å². The number of hydrogen-bond acceptors (Lipinski definition) is 2. The van der Waals surface area contributed by atoms with Gasteiger partial charge in [0, 0.05) is 18.6 Å². The van der Waals surface area contributed by atoms with E-state index in [9.17, 15) is 0 Å². The van der Waals surface area contributed by atoms with E-state index < -0.39 is 0 Å². The van der Waals surface area contributed by atoms with Crippen molar-refractivity contribution in [3.05, 3.63) is 108 Å². The molecule has 156 valence electrons. The molecule has 3 aromatic rings. The molecule has 0 aliphatic heterocycles. The molecule has 0 spiro atoms. The lowest BCUT2D eigenvalue weighted by Gasteiger charge is -2.34. The first-order chi connectivity index (χ1) is 14.8. The van der Waals surface area contributed by atoms with E-state index in [0.29, 0.717) is 12.5 Å². The Morgan fingerprint density at radius 1 is 0.767 bits per heavy atom. The summed E-state index contributed by atoms with van der Waals surface area (Å²) in [5.74, 6) is 0.714. The average molecular weight is 400 g/mol. The lowest BCUT2D eigenvalue weighted by Crippen LogP contribution is -2.42. The fourth-order valence-electron chi connectivity index (χ4n) is 4.64. The molecule has 3 aromatic carbocycles. The Balaban J connectivity index is 1.53. The summed E-state index contributed by atoms with van der Waals surface area (Å²) >= 11 is 0. The Labute approximate surface area is 181 Å². The van der Waals surface area contributed by atoms with Crippen molar-refractivity contribution in [1.29, 1.82) is 0 Å². The van der Waals surface area contributed by atoms with Crippen LogP contribution in [-0.4, -0.2) is 17.0 Å². The maximum atomic E-state index is 6.34. The molecule has 0 radical (unpaired) electrons. The molecule has 30 heavy (non-hydrogen) atoms. The van der Waals surface area contributed by atoms with Gasteiger partial charge in [-0.1, -0.05) is 104 Å². The van der Waals surface area contributed by atoms with Gasteiger partial charge in [-0.05, 0) is 35.4 Å². The topological polar surface area (TPSA) is 12.5 Å². The summed E-state index contributed by atoms with van der Waals surface area (Å²) in [7, 11) is 0. The Hall–Kier alpha value is -2.42. The van der Waals surface area contributed by atoms with Crippen molar-refractivity contribution < 1.29 is 4.74 Å². The predicted molar refractivity (Wildman–Crippen MR) is 124 cm³/mol. The van der Waals surface area contributed by atoms with Crippen molar-refractivity contribution in [2.45, 2.75) is 51.4 Å². The van der Waals surface area contributed by atoms with Crippen LogP contribution >= 0.6 is 0 Å². The van der Waals surface area contributed by atoms with Crippen molar-refractivity contribution in [2.24, 2.45) is 5.92 Å². The van der Waals surface area contributed by atoms with Crippen LogP contribution in [0.3, 0.4) is 0 Å². The van der Waals surface area contributed by atoms with Crippen molar-refractivity contribution in [3.63, 3.8) is 0 Å². The minimum absolute atomic E-state index is 0.135. The SMILES string of the molecule is CCC[C@@H]1C[C@@]1(COCc1ccccc1)N(Cc1ccccc1)Cc1ccccc1. The molecule has 2 atom stereocenters. The molecule has 0 saturated heterocycles. The normalized spacial score (nSPS) is 20.4. The number of hydrogen-bond donors (Lipinski definition) is 0. The highest BCUT2D eigenvalue weighted by molar-refractivity contribution is 5.21. The smallest absolute Gasteiger partial charge is 0.0717 e. The highest BCUT2D eigenvalue weighted by Crippen LogP contribution is 2.52. The minimum atomic E-state index is 0.135. The third-order valence-corrected chi connectivity index (χ3v) is 6.36. The molecule has 2 heteroatoms. The summed E-state index contributed by atoms with van der Waals surface area (Å²) in [6.45, 7) is 5.71. The lowest BCUT2D eigenvalue weighted by molar-refractivity contribution is 0.0209. The van der Waals surface area contributed by atoms with Crippen LogP contribution in [0.5, 0.6) is 0 Å². The predicted octanol–water partition coefficient (Wildman–Crippen LogP) is 6.46. The van der Waals surface area contributed by atoms with Gasteiger partial charge in [0.2, 0.25) is 0 Å². The van der Waals surface area contributed by atoms with E-state index in [4.69, 9.17) is 4.74 Å². The first kappa shape index (κ1) is 20.8. The zero-order valence-electron chi connectivity index (χ0n) is 18.0. The molecular weight excluding hydrogens is 366 g/mol. The van der Waals surface area contributed by atoms with E-state index in [2.05, 4.69) is 103 Å². The molecule has 0 heterocycles. The van der Waals surface area contributed by atoms with E-state index in [0.717, 1.165) is 19.7 Å². The van der Waals surface area contributed by atoms with Crippen LogP contribution in [0.4, 0.5) is 0 Å². The molecule has 0 unspecified atom stereocenters. The standard InChI is InChI=1S/C28H33NO/c1-2-12-27-19-28(27,23-30-22-26-17-10-5-11-18-26)29(20-24-13-6-3-7-14-24)21-25-15-8-4-9-16-25/h3-11,13-18,27H,2,12,19-23H2,1H3/t27-,28+/m1/s1. The van der Waals surface area contributed by atoms with E-state index in [1.807, 2.05) is 0 Å². The maximum absolute atomic E-state index is 6.34. The minimum Gasteiger partial charge on any atom is -0.375 e. The van der Waals surface area contributed by atoms with Crippen LogP contribution in [-0.2, 0) is 24.4 Å². The van der Waals surface area contributed by atoms with Gasteiger partial charge in [-0.2, -0.15) is 0 Å². The number of ether oxygens (including phenoxy) is 1. The van der Waals surface area contributed by atoms with E-state index in [-0.39, 0.29) is 5.54 Å². The number of nitrogens with zero attached hydrogens (tertiary/aromatic N) is 1. The van der Waals surface area contributed by atoms with Gasteiger partial charge in [-0.3, -0.25) is 4.90 Å². The first-order valence-electron chi connectivity index (χ1n) is 11.2. The molecule has 0 amide bonds. The average Bonchev–Trinajstić information content (AvgIpc) is 3.49. The van der Waals surface area contributed by atoms with E-state index in [1.54, 1.807) is 0 Å². The van der Waals surface area contributed by atoms with Crippen molar-refractivity contribution in [2.75, 3.05) is 6.61 Å². The molecule has 1 saturated carbocycles. The second kappa shape index (κ2) is 10.1. The zero-order chi connectivity index (χ0) is 20.7. The number of rotatable bonds is 11. The largest absolute Gasteiger partial charge is 0.375 e. The van der Waals surface area contributed by atoms with Crippen molar-refractivity contribution >= 4 is 0 Å². The Bertz CT molecular complexity index is 839. The maximum Gasteiger partial charge on any atom is 0.0717 e. The summed E-state index contributed by atoms with van der Waals surface area (Å²) in [6, 6.07) is 32.3. The Kier molecular flexibility index (Phi) is 6.99. The van der Waals surface area contributed by atoms with Gasteiger partial charge in [-0.25, -0.2) is 0 Å². The number of benzene rings is 3. The third-order valence-electron chi connectivity index (χ3n) is 6.36. The van der Waals surface area contributed by atoms with Crippen LogP contribution in [0, 0.1) is 5.92 Å². The fourth-order valence-corrected chi connectivity index (χ4v) is 4.64. The third kappa shape index (κ3) is 5.19. The molecule has 0 bridgehead atoms. The highest BCUT2D eigenvalue weighted by Gasteiger charge is 2.57. The van der Waals surface area contributed by atoms with Crippen LogP contribution in [0.15, 0.2) is 91.0 Å². The molecule has 1 fully saturated rings. The molecule has 2 nitrogen and oxygen atoms in total. The molecule has 1 aliphatic carbocycles. The van der Waals surface area contributed by atoms with Gasteiger partial charge in [0.05, 0.1) is 13.2 Å². The molecule has 0 N–H and O–H groups in total. The van der Waals surface area contributed by atoms with Gasteiger partial charge < -0.3 is 4.74 Å². The quantitative estimate of drug-likeness (QED) is 0.367. The summed E-state index contributed by atoms with van der Waals surface area (Å²) in [5, 5.41) is 0. The summed E-state index contributed by atoms with van der Waals surface area (Å²) in [5.41, 5.74) is 4.13. The summed E-state index contributed by atoms with van der Waals surface area (Å²) < 4.78 is 6.34.